The first kappa shape index (κ1) is 24.3. The summed E-state index contributed by atoms with van der Waals surface area (Å²) in [6.45, 7) is 2.85. The SMILES string of the molecule is Cn1c(=O)n(C(=O)NCC2CCN(CC(COc3ccccc3)NC(=O)O)CC2)c2ccccc21. The maximum atomic E-state index is 12.8. The second kappa shape index (κ2) is 11.1. The molecule has 10 nitrogen and oxygen atoms in total. The highest BCUT2D eigenvalue weighted by Crippen LogP contribution is 2.18. The van der Waals surface area contributed by atoms with Crippen molar-refractivity contribution in [2.45, 2.75) is 18.9 Å². The molecule has 10 heteroatoms. The van der Waals surface area contributed by atoms with Crippen LogP contribution in [0.3, 0.4) is 0 Å². The van der Waals surface area contributed by atoms with Crippen molar-refractivity contribution in [3.8, 4) is 5.75 Å². The van der Waals surface area contributed by atoms with Gasteiger partial charge in [0.15, 0.2) is 0 Å². The van der Waals surface area contributed by atoms with Gasteiger partial charge in [0, 0.05) is 20.1 Å². The number of carbonyl (C=O) groups is 2. The number of likely N-dealkylation sites (tertiary alicyclic amines) is 1. The van der Waals surface area contributed by atoms with Gasteiger partial charge in [0.1, 0.15) is 12.4 Å². The number of aromatic nitrogens is 2. The van der Waals surface area contributed by atoms with E-state index in [2.05, 4.69) is 15.5 Å². The number of ether oxygens (including phenoxy) is 1. The Balaban J connectivity index is 1.26. The van der Waals surface area contributed by atoms with Crippen molar-refractivity contribution in [1.29, 1.82) is 0 Å². The van der Waals surface area contributed by atoms with Crippen LogP contribution in [0.5, 0.6) is 5.75 Å². The maximum absolute atomic E-state index is 12.8. The Morgan fingerprint density at radius 3 is 2.40 bits per heavy atom. The average Bonchev–Trinajstić information content (AvgIpc) is 3.12. The number of nitrogens with zero attached hydrogens (tertiary/aromatic N) is 3. The van der Waals surface area contributed by atoms with E-state index in [0.29, 0.717) is 29.9 Å². The normalized spacial score (nSPS) is 15.6. The Hall–Kier alpha value is -3.79. The van der Waals surface area contributed by atoms with Gasteiger partial charge in [0.25, 0.3) is 0 Å². The highest BCUT2D eigenvalue weighted by atomic mass is 16.5. The number of carbonyl (C=O) groups excluding carboxylic acids is 1. The van der Waals surface area contributed by atoms with E-state index >= 15 is 0 Å². The molecule has 1 atom stereocenters. The molecule has 1 fully saturated rings. The van der Waals surface area contributed by atoms with Crippen LogP contribution in [0, 0.1) is 5.92 Å². The predicted octanol–water partition coefficient (Wildman–Crippen LogP) is 2.32. The van der Waals surface area contributed by atoms with Gasteiger partial charge in [-0.05, 0) is 56.1 Å². The van der Waals surface area contributed by atoms with Crippen molar-refractivity contribution in [1.82, 2.24) is 24.7 Å². The van der Waals surface area contributed by atoms with Crippen molar-refractivity contribution in [3.05, 3.63) is 65.1 Å². The molecule has 1 aromatic heterocycles. The molecule has 0 bridgehead atoms. The van der Waals surface area contributed by atoms with Crippen LogP contribution in [0.1, 0.15) is 12.8 Å². The molecule has 2 aromatic carbocycles. The number of nitrogens with one attached hydrogen (secondary N) is 2. The number of carboxylic acid groups (broad SMARTS) is 1. The second-order valence-electron chi connectivity index (χ2n) is 8.87. The lowest BCUT2D eigenvalue weighted by Crippen LogP contribution is -2.49. The monoisotopic (exact) mass is 481 g/mol. The van der Waals surface area contributed by atoms with Gasteiger partial charge in [-0.3, -0.25) is 4.57 Å². The molecule has 0 radical (unpaired) electrons. The molecule has 0 spiro atoms. The van der Waals surface area contributed by atoms with Crippen LogP contribution in [-0.4, -0.2) is 70.1 Å². The summed E-state index contributed by atoms with van der Waals surface area (Å²) in [5.74, 6) is 0.983. The molecule has 3 N–H and O–H groups in total. The minimum Gasteiger partial charge on any atom is -0.491 e. The van der Waals surface area contributed by atoms with Crippen LogP contribution in [0.4, 0.5) is 9.59 Å². The molecule has 1 aliphatic rings. The van der Waals surface area contributed by atoms with Gasteiger partial charge in [0.05, 0.1) is 17.1 Å². The minimum absolute atomic E-state index is 0.242. The third-order valence-electron chi connectivity index (χ3n) is 6.41. The van der Waals surface area contributed by atoms with E-state index in [4.69, 9.17) is 4.74 Å². The number of rotatable bonds is 8. The summed E-state index contributed by atoms with van der Waals surface area (Å²) in [7, 11) is 1.65. The largest absolute Gasteiger partial charge is 0.491 e. The Morgan fingerprint density at radius 1 is 1.06 bits per heavy atom. The summed E-state index contributed by atoms with van der Waals surface area (Å²) in [6, 6.07) is 15.7. The predicted molar refractivity (Wildman–Crippen MR) is 132 cm³/mol. The van der Waals surface area contributed by atoms with Crippen LogP contribution in [-0.2, 0) is 7.05 Å². The van der Waals surface area contributed by atoms with E-state index in [1.807, 2.05) is 42.5 Å². The Labute approximate surface area is 203 Å². The third kappa shape index (κ3) is 6.02. The Morgan fingerprint density at radius 2 is 1.71 bits per heavy atom. The quantitative estimate of drug-likeness (QED) is 0.455. The molecule has 1 unspecified atom stereocenters. The summed E-state index contributed by atoms with van der Waals surface area (Å²) in [5, 5.41) is 14.7. The van der Waals surface area contributed by atoms with Gasteiger partial charge < -0.3 is 25.4 Å². The summed E-state index contributed by atoms with van der Waals surface area (Å²) in [6.07, 6.45) is 0.654. The Bertz CT molecular complexity index is 1210. The van der Waals surface area contributed by atoms with Crippen LogP contribution >= 0.6 is 0 Å². The zero-order valence-electron chi connectivity index (χ0n) is 19.7. The van der Waals surface area contributed by atoms with Gasteiger partial charge in [-0.2, -0.15) is 0 Å². The highest BCUT2D eigenvalue weighted by Gasteiger charge is 2.24. The number of aryl methyl sites for hydroxylation is 1. The molecule has 4 rings (SSSR count). The van der Waals surface area contributed by atoms with Crippen LogP contribution < -0.4 is 21.1 Å². The number of hydrogen-bond donors (Lipinski definition) is 3. The number of amides is 2. The van der Waals surface area contributed by atoms with Crippen molar-refractivity contribution in [2.24, 2.45) is 13.0 Å². The van der Waals surface area contributed by atoms with E-state index in [1.165, 1.54) is 9.13 Å². The number of benzene rings is 2. The van der Waals surface area contributed by atoms with Crippen molar-refractivity contribution in [3.63, 3.8) is 0 Å². The molecule has 0 aliphatic carbocycles. The van der Waals surface area contributed by atoms with Crippen LogP contribution in [0.25, 0.3) is 11.0 Å². The fraction of sp³-hybridized carbons (Fsp3) is 0.400. The number of imidazole rings is 1. The standard InChI is InChI=1S/C25H31N5O5/c1-28-21-9-5-6-10-22(21)30(25(28)34)23(31)26-15-18-11-13-29(14-12-18)16-19(27-24(32)33)17-35-20-7-3-2-4-8-20/h2-10,18-19,27H,11-17H2,1H3,(H,26,31)(H,32,33). The second-order valence-corrected chi connectivity index (χ2v) is 8.87. The fourth-order valence-corrected chi connectivity index (χ4v) is 4.51. The van der Waals surface area contributed by atoms with Gasteiger partial charge in [-0.15, -0.1) is 0 Å². The van der Waals surface area contributed by atoms with E-state index in [9.17, 15) is 19.5 Å². The lowest BCUT2D eigenvalue weighted by Gasteiger charge is -2.34. The molecular weight excluding hydrogens is 450 g/mol. The molecule has 2 heterocycles. The summed E-state index contributed by atoms with van der Waals surface area (Å²) >= 11 is 0. The first-order valence-corrected chi connectivity index (χ1v) is 11.8. The van der Waals surface area contributed by atoms with Gasteiger partial charge >= 0.3 is 17.8 Å². The molecular formula is C25H31N5O5. The first-order valence-electron chi connectivity index (χ1n) is 11.8. The van der Waals surface area contributed by atoms with Crippen molar-refractivity contribution >= 4 is 23.2 Å². The summed E-state index contributed by atoms with van der Waals surface area (Å²) in [4.78, 5) is 38.8. The number of piperidine rings is 1. The van der Waals surface area contributed by atoms with E-state index in [1.54, 1.807) is 19.2 Å². The highest BCUT2D eigenvalue weighted by molar-refractivity contribution is 5.89. The average molecular weight is 482 g/mol. The lowest BCUT2D eigenvalue weighted by molar-refractivity contribution is 0.138. The zero-order chi connectivity index (χ0) is 24.8. The molecule has 1 saturated heterocycles. The zero-order valence-corrected chi connectivity index (χ0v) is 19.7. The third-order valence-corrected chi connectivity index (χ3v) is 6.41. The molecule has 2 amide bonds. The topological polar surface area (TPSA) is 118 Å². The smallest absolute Gasteiger partial charge is 0.405 e. The Kier molecular flexibility index (Phi) is 7.71. The van der Waals surface area contributed by atoms with Crippen LogP contribution in [0.15, 0.2) is 59.4 Å². The molecule has 35 heavy (non-hydrogen) atoms. The molecule has 1 aliphatic heterocycles. The van der Waals surface area contributed by atoms with E-state index in [-0.39, 0.29) is 24.3 Å². The lowest BCUT2D eigenvalue weighted by atomic mass is 9.96. The molecule has 3 aromatic rings. The number of fused-ring (bicyclic) bond motifs is 1. The summed E-state index contributed by atoms with van der Waals surface area (Å²) in [5.41, 5.74) is 0.928. The maximum Gasteiger partial charge on any atom is 0.405 e. The number of para-hydroxylation sites is 3. The summed E-state index contributed by atoms with van der Waals surface area (Å²) < 4.78 is 8.40. The first-order chi connectivity index (χ1) is 16.9. The van der Waals surface area contributed by atoms with Gasteiger partial charge in [-0.25, -0.2) is 19.0 Å². The van der Waals surface area contributed by atoms with E-state index in [0.717, 1.165) is 25.9 Å². The van der Waals surface area contributed by atoms with Crippen LogP contribution in [0.2, 0.25) is 0 Å². The number of hydrogen-bond acceptors (Lipinski definition) is 5. The van der Waals surface area contributed by atoms with Gasteiger partial charge in [-0.1, -0.05) is 30.3 Å². The van der Waals surface area contributed by atoms with Gasteiger partial charge in [0.2, 0.25) is 0 Å². The fourth-order valence-electron chi connectivity index (χ4n) is 4.51. The van der Waals surface area contributed by atoms with Crippen molar-refractivity contribution < 1.29 is 19.4 Å². The van der Waals surface area contributed by atoms with Crippen molar-refractivity contribution in [2.75, 3.05) is 32.8 Å². The van der Waals surface area contributed by atoms with E-state index < -0.39 is 12.1 Å². The minimum atomic E-state index is -1.08. The molecule has 186 valence electrons. The molecule has 0 saturated carbocycles.